The van der Waals surface area contributed by atoms with Gasteiger partial charge in [0.2, 0.25) is 0 Å². The average molecular weight is 542 g/mol. The minimum atomic E-state index is -0.595. The zero-order valence-corrected chi connectivity index (χ0v) is 23.7. The van der Waals surface area contributed by atoms with Crippen LogP contribution in [0.5, 0.6) is 0 Å². The average Bonchev–Trinajstić information content (AvgIpc) is 2.99. The van der Waals surface area contributed by atoms with Crippen molar-refractivity contribution >= 4 is 23.8 Å². The number of methoxy groups -OCH3 is 1. The molecule has 0 spiro atoms. The van der Waals surface area contributed by atoms with Gasteiger partial charge in [0.1, 0.15) is 0 Å². The molecular weight excluding hydrogens is 498 g/mol. The van der Waals surface area contributed by atoms with Crippen molar-refractivity contribution in [3.8, 4) is 0 Å². The van der Waals surface area contributed by atoms with E-state index in [1.165, 1.54) is 44.8 Å². The summed E-state index contributed by atoms with van der Waals surface area (Å²) in [5.41, 5.74) is 8.72. The zero-order valence-electron chi connectivity index (χ0n) is 23.7. The van der Waals surface area contributed by atoms with Gasteiger partial charge < -0.3 is 15.8 Å². The van der Waals surface area contributed by atoms with Gasteiger partial charge in [-0.05, 0) is 66.7 Å². The van der Waals surface area contributed by atoms with Crippen LogP contribution < -0.4 is 11.1 Å². The molecule has 2 aromatic rings. The number of benzene rings is 2. The van der Waals surface area contributed by atoms with E-state index in [1.807, 2.05) is 66.8 Å². The fraction of sp³-hybridized carbons (Fsp3) is 0.441. The van der Waals surface area contributed by atoms with E-state index in [1.54, 1.807) is 0 Å². The van der Waals surface area contributed by atoms with Crippen molar-refractivity contribution in [1.29, 1.82) is 5.41 Å². The van der Waals surface area contributed by atoms with E-state index in [-0.39, 0.29) is 35.5 Å². The van der Waals surface area contributed by atoms with Gasteiger partial charge in [-0.2, -0.15) is 0 Å². The number of esters is 1. The Morgan fingerprint density at radius 2 is 1.77 bits per heavy atom. The van der Waals surface area contributed by atoms with Gasteiger partial charge in [0.05, 0.1) is 24.9 Å². The maximum Gasteiger partial charge on any atom is 0.311 e. The normalized spacial score (nSPS) is 22.9. The van der Waals surface area contributed by atoms with Crippen molar-refractivity contribution in [3.05, 3.63) is 89.5 Å². The second kappa shape index (κ2) is 14.1. The number of carbonyl (C=O) groups is 2. The number of amides is 1. The SMILES string of the molecule is COC(=O)C(CC1CC=CC(C(=N)N)C1C)C(/C=C/c1ccccc1)NC(=O)c1ccc(C2CCCCC2)cc1. The highest BCUT2D eigenvalue weighted by atomic mass is 16.5. The Morgan fingerprint density at radius 1 is 1.07 bits per heavy atom. The van der Waals surface area contributed by atoms with Crippen molar-refractivity contribution in [2.45, 2.75) is 63.8 Å². The number of nitrogens with one attached hydrogen (secondary N) is 2. The van der Waals surface area contributed by atoms with E-state index < -0.39 is 12.0 Å². The van der Waals surface area contributed by atoms with Crippen molar-refractivity contribution < 1.29 is 14.3 Å². The molecule has 0 bridgehead atoms. The van der Waals surface area contributed by atoms with Crippen LogP contribution in [0, 0.1) is 29.1 Å². The number of rotatable bonds is 10. The highest BCUT2D eigenvalue weighted by molar-refractivity contribution is 5.95. The van der Waals surface area contributed by atoms with Gasteiger partial charge in [0, 0.05) is 11.5 Å². The van der Waals surface area contributed by atoms with Crippen molar-refractivity contribution in [1.82, 2.24) is 5.32 Å². The predicted octanol–water partition coefficient (Wildman–Crippen LogP) is 6.49. The third kappa shape index (κ3) is 7.50. The molecule has 0 heterocycles. The summed E-state index contributed by atoms with van der Waals surface area (Å²) < 4.78 is 5.26. The number of allylic oxidation sites excluding steroid dienone is 1. The summed E-state index contributed by atoms with van der Waals surface area (Å²) in [6, 6.07) is 17.2. The molecule has 4 N–H and O–H groups in total. The third-order valence-electron chi connectivity index (χ3n) is 8.79. The summed E-state index contributed by atoms with van der Waals surface area (Å²) in [6.45, 7) is 2.08. The molecule has 2 aliphatic carbocycles. The number of nitrogens with two attached hydrogens (primary N) is 1. The van der Waals surface area contributed by atoms with Gasteiger partial charge in [-0.3, -0.25) is 15.0 Å². The Kier molecular flexibility index (Phi) is 10.3. The number of ether oxygens (including phenoxy) is 1. The highest BCUT2D eigenvalue weighted by Gasteiger charge is 2.36. The standard InChI is InChI=1S/C34H43N3O3/c1-23-28(14-9-15-29(23)32(35)36)22-30(34(39)40-2)31(21-16-24-10-5-3-6-11-24)37-33(38)27-19-17-26(18-20-27)25-12-7-4-8-13-25/h3,5-6,9-11,15-21,23,25,28-31H,4,7-8,12-14,22H2,1-2H3,(H3,35,36)(H,37,38)/b21-16+. The topological polar surface area (TPSA) is 105 Å². The Bertz CT molecular complexity index is 1200. The van der Waals surface area contributed by atoms with Gasteiger partial charge in [0.15, 0.2) is 0 Å². The summed E-state index contributed by atoms with van der Waals surface area (Å²) in [4.78, 5) is 26.7. The molecule has 1 saturated carbocycles. The monoisotopic (exact) mass is 541 g/mol. The molecule has 2 aromatic carbocycles. The molecule has 6 nitrogen and oxygen atoms in total. The first-order valence-electron chi connectivity index (χ1n) is 14.6. The minimum Gasteiger partial charge on any atom is -0.469 e. The van der Waals surface area contributed by atoms with Gasteiger partial charge in [-0.15, -0.1) is 0 Å². The molecule has 1 amide bonds. The van der Waals surface area contributed by atoms with Gasteiger partial charge in [0.25, 0.3) is 5.91 Å². The summed E-state index contributed by atoms with van der Waals surface area (Å²) in [6.07, 6.45) is 15.4. The lowest BCUT2D eigenvalue weighted by Crippen LogP contribution is -2.44. The first kappa shape index (κ1) is 29.3. The molecule has 0 aliphatic heterocycles. The summed E-state index contributed by atoms with van der Waals surface area (Å²) in [5.74, 6) is -0.426. The third-order valence-corrected chi connectivity index (χ3v) is 8.79. The second-order valence-corrected chi connectivity index (χ2v) is 11.4. The van der Waals surface area contributed by atoms with E-state index in [9.17, 15) is 9.59 Å². The molecule has 5 unspecified atom stereocenters. The number of hydrogen-bond acceptors (Lipinski definition) is 4. The van der Waals surface area contributed by atoms with Crippen LogP contribution in [0.15, 0.2) is 72.8 Å². The van der Waals surface area contributed by atoms with Crippen molar-refractivity contribution in [3.63, 3.8) is 0 Å². The van der Waals surface area contributed by atoms with Gasteiger partial charge >= 0.3 is 5.97 Å². The molecule has 0 aromatic heterocycles. The Morgan fingerprint density at radius 3 is 2.42 bits per heavy atom. The molecule has 0 saturated heterocycles. The largest absolute Gasteiger partial charge is 0.469 e. The van der Waals surface area contributed by atoms with E-state index in [4.69, 9.17) is 15.9 Å². The van der Waals surface area contributed by atoms with Crippen molar-refractivity contribution in [2.24, 2.45) is 29.4 Å². The zero-order chi connectivity index (χ0) is 28.5. The molecule has 212 valence electrons. The lowest BCUT2D eigenvalue weighted by molar-refractivity contribution is -0.146. The van der Waals surface area contributed by atoms with Crippen LogP contribution in [0.25, 0.3) is 6.08 Å². The molecule has 5 atom stereocenters. The Balaban J connectivity index is 1.57. The fourth-order valence-electron chi connectivity index (χ4n) is 6.29. The predicted molar refractivity (Wildman–Crippen MR) is 161 cm³/mol. The van der Waals surface area contributed by atoms with Crippen LogP contribution in [0.4, 0.5) is 0 Å². The summed E-state index contributed by atoms with van der Waals surface area (Å²) >= 11 is 0. The van der Waals surface area contributed by atoms with Gasteiger partial charge in [-0.25, -0.2) is 0 Å². The van der Waals surface area contributed by atoms with Crippen molar-refractivity contribution in [2.75, 3.05) is 7.11 Å². The van der Waals surface area contributed by atoms with Crippen LogP contribution in [0.2, 0.25) is 0 Å². The Labute approximate surface area is 238 Å². The van der Waals surface area contributed by atoms with Crippen LogP contribution in [0.1, 0.15) is 79.3 Å². The first-order chi connectivity index (χ1) is 19.4. The number of carbonyl (C=O) groups excluding carboxylic acids is 2. The maximum atomic E-state index is 13.5. The summed E-state index contributed by atoms with van der Waals surface area (Å²) in [7, 11) is 1.39. The molecular formula is C34H43N3O3. The molecule has 4 rings (SSSR count). The molecule has 6 heteroatoms. The van der Waals surface area contributed by atoms with E-state index in [0.29, 0.717) is 17.9 Å². The minimum absolute atomic E-state index is 0.0939. The van der Waals surface area contributed by atoms with Crippen LogP contribution in [-0.2, 0) is 9.53 Å². The maximum absolute atomic E-state index is 13.5. The molecule has 1 fully saturated rings. The van der Waals surface area contributed by atoms with Crippen LogP contribution in [0.3, 0.4) is 0 Å². The molecule has 0 radical (unpaired) electrons. The van der Waals surface area contributed by atoms with E-state index in [0.717, 1.165) is 12.0 Å². The lowest BCUT2D eigenvalue weighted by atomic mass is 9.72. The number of amidine groups is 1. The van der Waals surface area contributed by atoms with Crippen LogP contribution >= 0.6 is 0 Å². The quantitative estimate of drug-likeness (QED) is 0.138. The number of hydrogen-bond donors (Lipinski definition) is 3. The van der Waals surface area contributed by atoms with Gasteiger partial charge in [-0.1, -0.05) is 93.0 Å². The smallest absolute Gasteiger partial charge is 0.311 e. The molecule has 2 aliphatic rings. The van der Waals surface area contributed by atoms with E-state index >= 15 is 0 Å². The lowest BCUT2D eigenvalue weighted by Gasteiger charge is -2.35. The first-order valence-corrected chi connectivity index (χ1v) is 14.6. The Hall–Kier alpha value is -3.67. The summed E-state index contributed by atoms with van der Waals surface area (Å²) in [5, 5.41) is 11.1. The highest BCUT2D eigenvalue weighted by Crippen LogP contribution is 2.36. The molecule has 40 heavy (non-hydrogen) atoms. The fourth-order valence-corrected chi connectivity index (χ4v) is 6.29. The van der Waals surface area contributed by atoms with Crippen LogP contribution in [-0.4, -0.2) is 30.9 Å². The second-order valence-electron chi connectivity index (χ2n) is 11.4. The van der Waals surface area contributed by atoms with E-state index in [2.05, 4.69) is 24.4 Å².